The van der Waals surface area contributed by atoms with Crippen molar-refractivity contribution < 1.29 is 18.0 Å². The summed E-state index contributed by atoms with van der Waals surface area (Å²) in [4.78, 5) is 29.1. The van der Waals surface area contributed by atoms with Crippen molar-refractivity contribution in [3.63, 3.8) is 0 Å². The summed E-state index contributed by atoms with van der Waals surface area (Å²) >= 11 is 12.4. The highest BCUT2D eigenvalue weighted by Gasteiger charge is 2.30. The second-order valence-corrected chi connectivity index (χ2v) is 13.1. The lowest BCUT2D eigenvalue weighted by Gasteiger charge is -2.32. The monoisotopic (exact) mass is 631 g/mol. The molecule has 2 amide bonds. The molecule has 7 nitrogen and oxygen atoms in total. The van der Waals surface area contributed by atoms with Gasteiger partial charge in [0, 0.05) is 32.5 Å². The number of rotatable bonds is 15. The summed E-state index contributed by atoms with van der Waals surface area (Å²) in [6, 6.07) is 21.2. The third-order valence-corrected chi connectivity index (χ3v) is 8.89. The Morgan fingerprint density at radius 3 is 2.24 bits per heavy atom. The Morgan fingerprint density at radius 2 is 1.60 bits per heavy atom. The zero-order valence-electron chi connectivity index (χ0n) is 24.4. The van der Waals surface area contributed by atoms with E-state index in [4.69, 9.17) is 23.2 Å². The molecule has 0 aliphatic heterocycles. The molecule has 10 heteroatoms. The molecule has 42 heavy (non-hydrogen) atoms. The van der Waals surface area contributed by atoms with Gasteiger partial charge in [0.05, 0.1) is 22.0 Å². The van der Waals surface area contributed by atoms with Gasteiger partial charge >= 0.3 is 0 Å². The lowest BCUT2D eigenvalue weighted by molar-refractivity contribution is -0.141. The Kier molecular flexibility index (Phi) is 12.7. The molecule has 3 aromatic rings. The topological polar surface area (TPSA) is 86.8 Å². The predicted molar refractivity (Wildman–Crippen MR) is 171 cm³/mol. The van der Waals surface area contributed by atoms with Crippen LogP contribution >= 0.6 is 23.2 Å². The van der Waals surface area contributed by atoms with Crippen LogP contribution in [0, 0.1) is 6.92 Å². The molecule has 0 aliphatic rings. The summed E-state index contributed by atoms with van der Waals surface area (Å²) in [6.07, 6.45) is 3.55. The van der Waals surface area contributed by atoms with E-state index >= 15 is 0 Å². The molecule has 1 atom stereocenters. The first kappa shape index (κ1) is 33.4. The molecule has 0 fully saturated rings. The van der Waals surface area contributed by atoms with Gasteiger partial charge < -0.3 is 10.2 Å². The highest BCUT2D eigenvalue weighted by molar-refractivity contribution is 7.92. The Balaban J connectivity index is 1.90. The molecule has 0 unspecified atom stereocenters. The number of para-hydroxylation sites is 1. The van der Waals surface area contributed by atoms with Crippen molar-refractivity contribution in [1.82, 2.24) is 10.2 Å². The number of sulfonamides is 1. The molecule has 0 saturated carbocycles. The van der Waals surface area contributed by atoms with Crippen LogP contribution in [0.5, 0.6) is 0 Å². The van der Waals surface area contributed by atoms with Gasteiger partial charge in [-0.1, -0.05) is 91.1 Å². The Bertz CT molecular complexity index is 1450. The molecule has 3 rings (SSSR count). The van der Waals surface area contributed by atoms with Crippen molar-refractivity contribution in [1.29, 1.82) is 0 Å². The highest BCUT2D eigenvalue weighted by Crippen LogP contribution is 2.26. The molecule has 0 heterocycles. The van der Waals surface area contributed by atoms with Crippen LogP contribution in [0.1, 0.15) is 49.3 Å². The number of carbonyl (C=O) groups is 2. The lowest BCUT2D eigenvalue weighted by Crippen LogP contribution is -2.50. The average Bonchev–Trinajstić information content (AvgIpc) is 2.95. The van der Waals surface area contributed by atoms with E-state index in [1.807, 2.05) is 56.3 Å². The van der Waals surface area contributed by atoms with Crippen LogP contribution in [0.4, 0.5) is 5.69 Å². The van der Waals surface area contributed by atoms with Crippen molar-refractivity contribution >= 4 is 50.7 Å². The molecule has 0 bridgehead atoms. The van der Waals surface area contributed by atoms with Crippen LogP contribution in [0.15, 0.2) is 72.8 Å². The fourth-order valence-electron chi connectivity index (χ4n) is 4.72. The smallest absolute Gasteiger partial charge is 0.243 e. The van der Waals surface area contributed by atoms with Crippen molar-refractivity contribution in [2.45, 2.75) is 58.5 Å². The van der Waals surface area contributed by atoms with E-state index in [1.54, 1.807) is 35.2 Å². The molecule has 1 N–H and O–H groups in total. The van der Waals surface area contributed by atoms with Gasteiger partial charge in [0.25, 0.3) is 0 Å². The molecule has 0 aliphatic carbocycles. The molecular weight excluding hydrogens is 593 g/mol. The molecule has 0 aromatic heterocycles. The van der Waals surface area contributed by atoms with E-state index in [2.05, 4.69) is 5.32 Å². The second-order valence-electron chi connectivity index (χ2n) is 10.3. The van der Waals surface area contributed by atoms with Gasteiger partial charge in [0.15, 0.2) is 0 Å². The fraction of sp³-hybridized carbons (Fsp3) is 0.375. The van der Waals surface area contributed by atoms with Crippen molar-refractivity contribution in [3.05, 3.63) is 99.5 Å². The number of carbonyl (C=O) groups excluding carboxylic acids is 2. The zero-order chi connectivity index (χ0) is 30.7. The van der Waals surface area contributed by atoms with Crippen LogP contribution in [0.3, 0.4) is 0 Å². The number of hydrogen-bond donors (Lipinski definition) is 1. The normalized spacial score (nSPS) is 12.0. The molecular formula is C32H39Cl2N3O4S. The number of halogens is 2. The van der Waals surface area contributed by atoms with Gasteiger partial charge in [-0.3, -0.25) is 13.9 Å². The minimum atomic E-state index is -3.58. The van der Waals surface area contributed by atoms with E-state index < -0.39 is 16.1 Å². The first-order chi connectivity index (χ1) is 20.0. The first-order valence-electron chi connectivity index (χ1n) is 14.1. The van der Waals surface area contributed by atoms with Gasteiger partial charge in [0.2, 0.25) is 21.8 Å². The van der Waals surface area contributed by atoms with Crippen LogP contribution in [0.2, 0.25) is 10.0 Å². The van der Waals surface area contributed by atoms with Gasteiger partial charge in [-0.05, 0) is 54.7 Å². The van der Waals surface area contributed by atoms with Crippen molar-refractivity contribution in [2.24, 2.45) is 0 Å². The number of nitrogens with one attached hydrogen (secondary N) is 1. The van der Waals surface area contributed by atoms with Crippen LogP contribution in [-0.4, -0.2) is 50.5 Å². The van der Waals surface area contributed by atoms with Gasteiger partial charge in [0.1, 0.15) is 6.04 Å². The van der Waals surface area contributed by atoms with E-state index in [1.165, 1.54) is 4.31 Å². The van der Waals surface area contributed by atoms with E-state index in [9.17, 15) is 18.0 Å². The Hall–Kier alpha value is -3.07. The largest absolute Gasteiger partial charge is 0.354 e. The minimum absolute atomic E-state index is 0.0484. The first-order valence-corrected chi connectivity index (χ1v) is 16.7. The van der Waals surface area contributed by atoms with E-state index in [0.717, 1.165) is 35.8 Å². The summed E-state index contributed by atoms with van der Waals surface area (Å²) in [7, 11) is -3.58. The number of nitrogens with zero attached hydrogens (tertiary/aromatic N) is 2. The summed E-state index contributed by atoms with van der Waals surface area (Å²) in [6.45, 7) is 4.67. The molecule has 0 saturated heterocycles. The minimum Gasteiger partial charge on any atom is -0.354 e. The molecule has 0 radical (unpaired) electrons. The number of benzene rings is 3. The third-order valence-electron chi connectivity index (χ3n) is 6.97. The van der Waals surface area contributed by atoms with Crippen LogP contribution in [-0.2, 0) is 32.6 Å². The quantitative estimate of drug-likeness (QED) is 0.197. The van der Waals surface area contributed by atoms with Gasteiger partial charge in [-0.2, -0.15) is 0 Å². The second kappa shape index (κ2) is 16.0. The SMILES string of the molecule is CCCCNC(=O)[C@@H](Cc1ccccc1)N(Cc1ccc(Cl)c(Cl)c1)C(=O)CCCN(c1ccccc1C)S(C)(=O)=O. The number of aryl methyl sites for hydroxylation is 1. The van der Waals surface area contributed by atoms with Gasteiger partial charge in [-0.25, -0.2) is 8.42 Å². The summed E-state index contributed by atoms with van der Waals surface area (Å²) < 4.78 is 26.7. The highest BCUT2D eigenvalue weighted by atomic mass is 35.5. The number of unbranched alkanes of at least 4 members (excludes halogenated alkanes) is 1. The molecule has 226 valence electrons. The molecule has 3 aromatic carbocycles. The number of anilines is 1. The van der Waals surface area contributed by atoms with E-state index in [0.29, 0.717) is 28.7 Å². The summed E-state index contributed by atoms with van der Waals surface area (Å²) in [5, 5.41) is 3.75. The fourth-order valence-corrected chi connectivity index (χ4v) is 6.06. The number of hydrogen-bond acceptors (Lipinski definition) is 4. The summed E-state index contributed by atoms with van der Waals surface area (Å²) in [5.74, 6) is -0.496. The van der Waals surface area contributed by atoms with Crippen molar-refractivity contribution in [3.8, 4) is 0 Å². The van der Waals surface area contributed by atoms with Crippen molar-refractivity contribution in [2.75, 3.05) is 23.7 Å². The maximum atomic E-state index is 13.9. The lowest BCUT2D eigenvalue weighted by atomic mass is 10.0. The maximum Gasteiger partial charge on any atom is 0.243 e. The Morgan fingerprint density at radius 1 is 0.905 bits per heavy atom. The van der Waals surface area contributed by atoms with Crippen LogP contribution in [0.25, 0.3) is 0 Å². The van der Waals surface area contributed by atoms with Gasteiger partial charge in [-0.15, -0.1) is 0 Å². The predicted octanol–water partition coefficient (Wildman–Crippen LogP) is 6.40. The summed E-state index contributed by atoms with van der Waals surface area (Å²) in [5.41, 5.74) is 3.05. The standard InChI is InChI=1S/C32H39Cl2N3O4S/c1-4-5-19-35-32(39)30(22-25-13-7-6-8-14-25)36(23-26-17-18-27(33)28(34)21-26)31(38)16-11-20-37(42(3,40)41)29-15-10-9-12-24(29)2/h6-10,12-15,17-18,21,30H,4-5,11,16,19-20,22-23H2,1-3H3,(H,35,39)/t30-/m1/s1. The number of amides is 2. The maximum absolute atomic E-state index is 13.9. The molecule has 0 spiro atoms. The van der Waals surface area contributed by atoms with E-state index in [-0.39, 0.29) is 37.7 Å². The Labute approximate surface area is 259 Å². The van der Waals surface area contributed by atoms with Crippen LogP contribution < -0.4 is 9.62 Å². The third kappa shape index (κ3) is 9.75. The zero-order valence-corrected chi connectivity index (χ0v) is 26.7. The average molecular weight is 633 g/mol.